The van der Waals surface area contributed by atoms with Crippen molar-refractivity contribution in [3.05, 3.63) is 70.8 Å². The van der Waals surface area contributed by atoms with E-state index in [0.29, 0.717) is 6.54 Å². The van der Waals surface area contributed by atoms with Crippen molar-refractivity contribution >= 4 is 17.5 Å². The Bertz CT molecular complexity index is 793. The summed E-state index contributed by atoms with van der Waals surface area (Å²) in [6.45, 7) is 14.8. The Balaban J connectivity index is 0.000000582. The normalized spacial score (nSPS) is 11.3. The number of nitrogens with one attached hydrogen (secondary N) is 1. The van der Waals surface area contributed by atoms with Crippen LogP contribution >= 0.6 is 0 Å². The SMILES string of the molecule is C/C=C\c1cc(C(C)N(C)CC(C)=O)ccc1C.CCC.CCCc1ccc(NC)cc1. The highest BCUT2D eigenvalue weighted by Crippen LogP contribution is 2.22. The lowest BCUT2D eigenvalue weighted by Crippen LogP contribution is -2.27. The fourth-order valence-electron chi connectivity index (χ4n) is 3.15. The number of rotatable bonds is 8. The number of likely N-dealkylation sites (N-methyl/N-ethyl adjacent to an activating group) is 1. The highest BCUT2D eigenvalue weighted by molar-refractivity contribution is 5.77. The molecule has 0 spiro atoms. The van der Waals surface area contributed by atoms with Crippen LogP contribution in [0, 0.1) is 6.92 Å². The van der Waals surface area contributed by atoms with E-state index < -0.39 is 0 Å². The molecule has 0 heterocycles. The van der Waals surface area contributed by atoms with Gasteiger partial charge in [-0.2, -0.15) is 0 Å². The summed E-state index contributed by atoms with van der Waals surface area (Å²) >= 11 is 0. The number of ketones is 1. The predicted molar refractivity (Wildman–Crippen MR) is 144 cm³/mol. The van der Waals surface area contributed by atoms with Crippen LogP contribution in [-0.4, -0.2) is 31.3 Å². The Labute approximate surface area is 197 Å². The molecule has 32 heavy (non-hydrogen) atoms. The Morgan fingerprint density at radius 1 is 1.09 bits per heavy atom. The second-order valence-corrected chi connectivity index (χ2v) is 8.31. The highest BCUT2D eigenvalue weighted by atomic mass is 16.1. The van der Waals surface area contributed by atoms with Crippen LogP contribution in [0.2, 0.25) is 0 Å². The first kappa shape index (κ1) is 29.6. The summed E-state index contributed by atoms with van der Waals surface area (Å²) in [5, 5.41) is 3.10. The number of carbonyl (C=O) groups is 1. The van der Waals surface area contributed by atoms with Crippen LogP contribution in [0.1, 0.15) is 82.7 Å². The van der Waals surface area contributed by atoms with Gasteiger partial charge in [0.15, 0.2) is 0 Å². The Morgan fingerprint density at radius 3 is 2.16 bits per heavy atom. The summed E-state index contributed by atoms with van der Waals surface area (Å²) in [5.74, 6) is 0.199. The Morgan fingerprint density at radius 2 is 1.69 bits per heavy atom. The molecule has 0 aliphatic heterocycles. The number of nitrogens with zero attached hydrogens (tertiary/aromatic N) is 1. The van der Waals surface area contributed by atoms with E-state index in [0.717, 1.165) is 0 Å². The average Bonchev–Trinajstić information content (AvgIpc) is 2.76. The van der Waals surface area contributed by atoms with Crippen molar-refractivity contribution in [1.82, 2.24) is 4.90 Å². The van der Waals surface area contributed by atoms with Crippen LogP contribution in [0.4, 0.5) is 5.69 Å². The number of allylic oxidation sites excluding steroid dienone is 1. The third-order valence-electron chi connectivity index (χ3n) is 5.05. The molecule has 0 saturated carbocycles. The lowest BCUT2D eigenvalue weighted by Gasteiger charge is -2.24. The van der Waals surface area contributed by atoms with E-state index in [4.69, 9.17) is 0 Å². The molecule has 0 amide bonds. The number of Topliss-reactive ketones (excluding diaryl/α,β-unsaturated/α-hetero) is 1. The minimum absolute atomic E-state index is 0.199. The molecule has 0 fully saturated rings. The maximum Gasteiger partial charge on any atom is 0.143 e. The molecule has 0 aliphatic rings. The molecule has 2 rings (SSSR count). The lowest BCUT2D eigenvalue weighted by molar-refractivity contribution is -0.118. The number of hydrogen-bond acceptors (Lipinski definition) is 3. The molecular formula is C29H46N2O. The number of aryl methyl sites for hydroxylation is 2. The molecule has 1 atom stereocenters. The van der Waals surface area contributed by atoms with E-state index in [2.05, 4.69) is 99.5 Å². The molecule has 178 valence electrons. The van der Waals surface area contributed by atoms with Gasteiger partial charge in [-0.3, -0.25) is 9.69 Å². The third kappa shape index (κ3) is 11.9. The van der Waals surface area contributed by atoms with Gasteiger partial charge in [0.25, 0.3) is 0 Å². The van der Waals surface area contributed by atoms with E-state index in [-0.39, 0.29) is 11.8 Å². The standard InChI is InChI=1S/C16H23NO.C10H15N.C3H8/c1-6-7-15-10-16(9-8-12(15)2)14(4)17(5)11-13(3)18;1-3-4-9-5-7-10(11-2)8-6-9;1-3-2/h6-10,14H,11H2,1-5H3;5-8,11H,3-4H2,1-2H3;3H2,1-2H3/b7-6-;;. The quantitative estimate of drug-likeness (QED) is 0.458. The van der Waals surface area contributed by atoms with Crippen LogP contribution in [0.3, 0.4) is 0 Å². The summed E-state index contributed by atoms with van der Waals surface area (Å²) in [6.07, 6.45) is 7.83. The maximum absolute atomic E-state index is 11.2. The zero-order valence-electron chi connectivity index (χ0n) is 22.0. The van der Waals surface area contributed by atoms with E-state index in [1.54, 1.807) is 6.92 Å². The van der Waals surface area contributed by atoms with Crippen LogP contribution in [0.5, 0.6) is 0 Å². The minimum atomic E-state index is 0.199. The van der Waals surface area contributed by atoms with Gasteiger partial charge < -0.3 is 5.32 Å². The van der Waals surface area contributed by atoms with Crippen molar-refractivity contribution in [2.75, 3.05) is 26.0 Å². The zero-order chi connectivity index (χ0) is 24.5. The van der Waals surface area contributed by atoms with Crippen LogP contribution in [0.25, 0.3) is 6.08 Å². The van der Waals surface area contributed by atoms with Crippen molar-refractivity contribution in [2.24, 2.45) is 0 Å². The van der Waals surface area contributed by atoms with Crippen molar-refractivity contribution in [3.8, 4) is 0 Å². The molecule has 3 nitrogen and oxygen atoms in total. The first-order valence-corrected chi connectivity index (χ1v) is 11.9. The number of carbonyl (C=O) groups excluding carboxylic acids is 1. The largest absolute Gasteiger partial charge is 0.388 e. The fourth-order valence-corrected chi connectivity index (χ4v) is 3.15. The van der Waals surface area contributed by atoms with Gasteiger partial charge in [-0.15, -0.1) is 0 Å². The molecule has 0 aromatic heterocycles. The fraction of sp³-hybridized carbons (Fsp3) is 0.483. The molecule has 0 saturated heterocycles. The number of hydrogen-bond donors (Lipinski definition) is 1. The van der Waals surface area contributed by atoms with Gasteiger partial charge >= 0.3 is 0 Å². The molecule has 0 aliphatic carbocycles. The van der Waals surface area contributed by atoms with E-state index in [1.807, 2.05) is 21.0 Å². The summed E-state index contributed by atoms with van der Waals surface area (Å²) in [4.78, 5) is 13.2. The van der Waals surface area contributed by atoms with Gasteiger partial charge in [0.1, 0.15) is 5.78 Å². The van der Waals surface area contributed by atoms with Gasteiger partial charge in [-0.1, -0.05) is 70.0 Å². The van der Waals surface area contributed by atoms with Gasteiger partial charge in [0, 0.05) is 18.8 Å². The van der Waals surface area contributed by atoms with Crippen LogP contribution in [0.15, 0.2) is 48.5 Å². The molecule has 0 radical (unpaired) electrons. The van der Waals surface area contributed by atoms with Crippen molar-refractivity contribution in [3.63, 3.8) is 0 Å². The van der Waals surface area contributed by atoms with E-state index >= 15 is 0 Å². The Hall–Kier alpha value is -2.39. The van der Waals surface area contributed by atoms with Gasteiger partial charge in [-0.25, -0.2) is 0 Å². The Kier molecular flexibility index (Phi) is 15.9. The average molecular weight is 439 g/mol. The van der Waals surface area contributed by atoms with Crippen LogP contribution < -0.4 is 5.32 Å². The lowest BCUT2D eigenvalue weighted by atomic mass is 10.00. The summed E-state index contributed by atoms with van der Waals surface area (Å²) in [6, 6.07) is 15.3. The summed E-state index contributed by atoms with van der Waals surface area (Å²) < 4.78 is 0. The first-order chi connectivity index (χ1) is 15.2. The van der Waals surface area contributed by atoms with E-state index in [1.165, 1.54) is 47.2 Å². The minimum Gasteiger partial charge on any atom is -0.388 e. The zero-order valence-corrected chi connectivity index (χ0v) is 22.0. The smallest absolute Gasteiger partial charge is 0.143 e. The van der Waals surface area contributed by atoms with Crippen molar-refractivity contribution in [2.45, 2.75) is 73.8 Å². The second kappa shape index (κ2) is 17.2. The number of anilines is 1. The summed E-state index contributed by atoms with van der Waals surface area (Å²) in [7, 11) is 3.93. The maximum atomic E-state index is 11.2. The topological polar surface area (TPSA) is 32.3 Å². The number of benzene rings is 2. The monoisotopic (exact) mass is 438 g/mol. The van der Waals surface area contributed by atoms with Crippen molar-refractivity contribution in [1.29, 1.82) is 0 Å². The van der Waals surface area contributed by atoms with Gasteiger partial charge in [0.05, 0.1) is 6.54 Å². The molecular weight excluding hydrogens is 392 g/mol. The molecule has 2 aromatic carbocycles. The van der Waals surface area contributed by atoms with E-state index in [9.17, 15) is 4.79 Å². The molecule has 1 unspecified atom stereocenters. The highest BCUT2D eigenvalue weighted by Gasteiger charge is 2.13. The summed E-state index contributed by atoms with van der Waals surface area (Å²) in [5.41, 5.74) is 6.38. The second-order valence-electron chi connectivity index (χ2n) is 8.31. The third-order valence-corrected chi connectivity index (χ3v) is 5.05. The van der Waals surface area contributed by atoms with Gasteiger partial charge in [0.2, 0.25) is 0 Å². The molecule has 1 N–H and O–H groups in total. The molecule has 0 bridgehead atoms. The van der Waals surface area contributed by atoms with Gasteiger partial charge in [-0.05, 0) is 81.6 Å². The molecule has 2 aromatic rings. The first-order valence-electron chi connectivity index (χ1n) is 11.9. The predicted octanol–water partition coefficient (Wildman–Crippen LogP) is 7.71. The van der Waals surface area contributed by atoms with Crippen molar-refractivity contribution < 1.29 is 4.79 Å². The van der Waals surface area contributed by atoms with Crippen LogP contribution in [-0.2, 0) is 11.2 Å². The molecule has 3 heteroatoms.